The number of nitrogens with one attached hydrogen (secondary N) is 2. The zero-order chi connectivity index (χ0) is 31.7. The van der Waals surface area contributed by atoms with E-state index in [2.05, 4.69) is 26.9 Å². The maximum atomic E-state index is 13.7. The van der Waals surface area contributed by atoms with Gasteiger partial charge in [-0.2, -0.15) is 9.40 Å². The number of likely N-dealkylation sites (N-methyl/N-ethyl adjacent to an activating group) is 1. The molecule has 0 bridgehead atoms. The number of aromatic nitrogens is 5. The molecule has 13 nitrogen and oxygen atoms in total. The third-order valence-corrected chi connectivity index (χ3v) is 9.88. The Morgan fingerprint density at radius 1 is 0.956 bits per heavy atom. The molecule has 0 radical (unpaired) electrons. The Kier molecular flexibility index (Phi) is 8.44. The molecule has 0 atom stereocenters. The third kappa shape index (κ3) is 5.95. The Hall–Kier alpha value is -4.53. The Balaban J connectivity index is 1.45. The van der Waals surface area contributed by atoms with Gasteiger partial charge in [0.05, 0.1) is 41.6 Å². The zero-order valence-corrected chi connectivity index (χ0v) is 26.2. The summed E-state index contributed by atoms with van der Waals surface area (Å²) in [5.74, 6) is 1.18. The largest absolute Gasteiger partial charge is 0.497 e. The first-order valence-corrected chi connectivity index (χ1v) is 16.3. The van der Waals surface area contributed by atoms with E-state index >= 15 is 0 Å². The molecule has 1 saturated heterocycles. The molecule has 6 rings (SSSR count). The zero-order valence-electron chi connectivity index (χ0n) is 25.4. The lowest BCUT2D eigenvalue weighted by Crippen LogP contribution is -2.48. The van der Waals surface area contributed by atoms with Gasteiger partial charge in [-0.3, -0.25) is 14.3 Å². The van der Waals surface area contributed by atoms with E-state index < -0.39 is 21.1 Å². The van der Waals surface area contributed by atoms with Gasteiger partial charge in [-0.1, -0.05) is 26.0 Å². The summed E-state index contributed by atoms with van der Waals surface area (Å²) in [6, 6.07) is 12.1. The van der Waals surface area contributed by atoms with Crippen molar-refractivity contribution in [2.75, 3.05) is 46.4 Å². The molecule has 0 spiro atoms. The molecule has 0 saturated carbocycles. The van der Waals surface area contributed by atoms with Crippen LogP contribution in [-0.4, -0.2) is 88.8 Å². The van der Waals surface area contributed by atoms with Crippen LogP contribution in [0.1, 0.15) is 25.8 Å². The number of hydrogen-bond donors (Lipinski definition) is 2. The van der Waals surface area contributed by atoms with E-state index in [0.717, 1.165) is 17.9 Å². The molecule has 0 amide bonds. The molecule has 45 heavy (non-hydrogen) atoms. The number of sulfonamides is 1. The number of pyridine rings is 1. The van der Waals surface area contributed by atoms with E-state index in [1.54, 1.807) is 24.1 Å². The van der Waals surface area contributed by atoms with Crippen molar-refractivity contribution >= 4 is 32.0 Å². The molecule has 2 N–H and O–H groups in total. The molecular formula is C31H35N7O6S. The van der Waals surface area contributed by atoms with Crippen LogP contribution >= 0.6 is 0 Å². The molecular weight excluding hydrogens is 598 g/mol. The summed E-state index contributed by atoms with van der Waals surface area (Å²) < 4.78 is 41.7. The van der Waals surface area contributed by atoms with Crippen LogP contribution in [0.4, 0.5) is 0 Å². The summed E-state index contributed by atoms with van der Waals surface area (Å²) in [6.07, 6.45) is 2.44. The minimum Gasteiger partial charge on any atom is -0.497 e. The van der Waals surface area contributed by atoms with Crippen LogP contribution in [0.15, 0.2) is 63.1 Å². The van der Waals surface area contributed by atoms with Gasteiger partial charge in [-0.05, 0) is 48.9 Å². The maximum absolute atomic E-state index is 13.7. The second-order valence-corrected chi connectivity index (χ2v) is 12.8. The predicted molar refractivity (Wildman–Crippen MR) is 170 cm³/mol. The van der Waals surface area contributed by atoms with Gasteiger partial charge < -0.3 is 24.3 Å². The lowest BCUT2D eigenvalue weighted by molar-refractivity contribution is 0.196. The van der Waals surface area contributed by atoms with Crippen molar-refractivity contribution in [2.45, 2.75) is 31.7 Å². The van der Waals surface area contributed by atoms with Crippen molar-refractivity contribution in [3.8, 4) is 22.9 Å². The molecule has 1 fully saturated rings. The highest BCUT2D eigenvalue weighted by molar-refractivity contribution is 7.89. The van der Waals surface area contributed by atoms with Gasteiger partial charge in [-0.25, -0.2) is 13.4 Å². The highest BCUT2D eigenvalue weighted by Crippen LogP contribution is 2.32. The lowest BCUT2D eigenvalue weighted by Gasteiger charge is -2.33. The molecule has 2 aromatic carbocycles. The van der Waals surface area contributed by atoms with Crippen LogP contribution in [0.25, 0.3) is 33.3 Å². The van der Waals surface area contributed by atoms with Crippen LogP contribution in [-0.2, 0) is 16.6 Å². The number of hydrogen-bond acceptors (Lipinski definition) is 9. The molecule has 0 unspecified atom stereocenters. The van der Waals surface area contributed by atoms with Crippen LogP contribution in [0, 0.1) is 0 Å². The van der Waals surface area contributed by atoms with Crippen molar-refractivity contribution in [3.63, 3.8) is 0 Å². The summed E-state index contributed by atoms with van der Waals surface area (Å²) >= 11 is 0. The Labute approximate surface area is 259 Å². The summed E-state index contributed by atoms with van der Waals surface area (Å²) in [5.41, 5.74) is 0.390. The first-order valence-electron chi connectivity index (χ1n) is 14.9. The molecule has 14 heteroatoms. The quantitative estimate of drug-likeness (QED) is 0.236. The molecule has 3 aromatic heterocycles. The Bertz CT molecular complexity index is 2080. The van der Waals surface area contributed by atoms with E-state index in [1.165, 1.54) is 16.4 Å². The monoisotopic (exact) mass is 633 g/mol. The summed E-state index contributed by atoms with van der Waals surface area (Å²) in [6.45, 7) is 7.70. The molecule has 4 heterocycles. The maximum Gasteiger partial charge on any atom is 0.264 e. The number of benzene rings is 2. The van der Waals surface area contributed by atoms with Crippen molar-refractivity contribution in [1.29, 1.82) is 0 Å². The fourth-order valence-electron chi connectivity index (χ4n) is 5.49. The first-order chi connectivity index (χ1) is 21.7. The van der Waals surface area contributed by atoms with Gasteiger partial charge in [0, 0.05) is 32.4 Å². The van der Waals surface area contributed by atoms with Gasteiger partial charge in [0.1, 0.15) is 22.7 Å². The number of ether oxygens (including phenoxy) is 2. The van der Waals surface area contributed by atoms with Gasteiger partial charge in [0.15, 0.2) is 5.65 Å². The Morgan fingerprint density at radius 2 is 1.69 bits per heavy atom. The van der Waals surface area contributed by atoms with Crippen molar-refractivity contribution in [2.24, 2.45) is 0 Å². The number of rotatable bonds is 10. The van der Waals surface area contributed by atoms with Crippen molar-refractivity contribution in [1.82, 2.24) is 33.9 Å². The van der Waals surface area contributed by atoms with Gasteiger partial charge in [0.2, 0.25) is 10.0 Å². The summed E-state index contributed by atoms with van der Waals surface area (Å²) in [5, 5.41) is 4.85. The predicted octanol–water partition coefficient (Wildman–Crippen LogP) is 2.80. The standard InChI is InChI=1S/C31H35N7O6S/c1-4-16-44-25-11-10-22(45(41,42)38-14-12-36(5-2)13-15-38)17-23(25)28-32-27-24-19-37(18-20-6-8-21(43-3)9-7-20)35-29(24)34-31(40)26(27)30(39)33-28/h6-11,17,19H,4-5,12-16,18H2,1-3H3,(H,32,33,39)(H,34,35,40). The topological polar surface area (TPSA) is 156 Å². The second-order valence-electron chi connectivity index (χ2n) is 10.9. The number of methoxy groups -OCH3 is 1. The van der Waals surface area contributed by atoms with Gasteiger partial charge in [-0.15, -0.1) is 0 Å². The molecule has 1 aliphatic heterocycles. The van der Waals surface area contributed by atoms with Gasteiger partial charge in [0.25, 0.3) is 11.1 Å². The third-order valence-electron chi connectivity index (χ3n) is 7.98. The fourth-order valence-corrected chi connectivity index (χ4v) is 6.94. The van der Waals surface area contributed by atoms with E-state index in [4.69, 9.17) is 14.5 Å². The lowest BCUT2D eigenvalue weighted by atomic mass is 10.1. The number of H-pyrrole nitrogens is 2. The smallest absolute Gasteiger partial charge is 0.264 e. The average molecular weight is 634 g/mol. The Morgan fingerprint density at radius 3 is 2.38 bits per heavy atom. The first kappa shape index (κ1) is 30.5. The minimum absolute atomic E-state index is 0.0670. The second kappa shape index (κ2) is 12.5. The SMILES string of the molecule is CCCOc1ccc(S(=O)(=O)N2CCN(CC)CC2)cc1-c1nc2c(c(=O)[nH]1)c(=O)[nH]c1nn(Cc3ccc(OC)cc3)cc12. The van der Waals surface area contributed by atoms with Crippen LogP contribution in [0.3, 0.4) is 0 Å². The highest BCUT2D eigenvalue weighted by atomic mass is 32.2. The summed E-state index contributed by atoms with van der Waals surface area (Å²) in [7, 11) is -2.23. The molecule has 5 aromatic rings. The van der Waals surface area contributed by atoms with E-state index in [9.17, 15) is 18.0 Å². The normalized spacial score (nSPS) is 14.7. The number of fused-ring (bicyclic) bond motifs is 3. The van der Waals surface area contributed by atoms with E-state index in [1.807, 2.05) is 31.2 Å². The minimum atomic E-state index is -3.83. The van der Waals surface area contributed by atoms with Crippen LogP contribution in [0.2, 0.25) is 0 Å². The van der Waals surface area contributed by atoms with Crippen molar-refractivity contribution in [3.05, 3.63) is 74.9 Å². The van der Waals surface area contributed by atoms with Crippen molar-refractivity contribution < 1.29 is 17.9 Å². The van der Waals surface area contributed by atoms with E-state index in [-0.39, 0.29) is 27.3 Å². The average Bonchev–Trinajstić information content (AvgIpc) is 3.46. The number of nitrogens with zero attached hydrogens (tertiary/aromatic N) is 5. The molecule has 236 valence electrons. The summed E-state index contributed by atoms with van der Waals surface area (Å²) in [4.78, 5) is 38.8. The molecule has 0 aliphatic carbocycles. The van der Waals surface area contributed by atoms with Gasteiger partial charge >= 0.3 is 0 Å². The van der Waals surface area contributed by atoms with E-state index in [0.29, 0.717) is 62.5 Å². The number of piperazine rings is 1. The molecule has 1 aliphatic rings. The number of aromatic amines is 2. The van der Waals surface area contributed by atoms with Crippen LogP contribution in [0.5, 0.6) is 11.5 Å². The fraction of sp³-hybridized carbons (Fsp3) is 0.355. The highest BCUT2D eigenvalue weighted by Gasteiger charge is 2.29. The van der Waals surface area contributed by atoms with Crippen LogP contribution < -0.4 is 20.6 Å².